The third-order valence-electron chi connectivity index (χ3n) is 7.48. The minimum atomic E-state index is 0.0345. The summed E-state index contributed by atoms with van der Waals surface area (Å²) in [5, 5.41) is 18.8. The van der Waals surface area contributed by atoms with E-state index in [0.29, 0.717) is 35.1 Å². The number of aliphatic hydroxyl groups is 1. The topological polar surface area (TPSA) is 125 Å². The lowest BCUT2D eigenvalue weighted by Crippen LogP contribution is -2.33. The molecular formula is C26H32N8O4. The van der Waals surface area contributed by atoms with Crippen LogP contribution in [0.25, 0.3) is 16.7 Å². The van der Waals surface area contributed by atoms with Crippen molar-refractivity contribution in [3.63, 3.8) is 0 Å². The van der Waals surface area contributed by atoms with Crippen LogP contribution in [0.4, 0.5) is 17.6 Å². The molecule has 38 heavy (non-hydrogen) atoms. The zero-order valence-electron chi connectivity index (χ0n) is 21.8. The number of benzene rings is 1. The quantitative estimate of drug-likeness (QED) is 0.339. The highest BCUT2D eigenvalue weighted by Gasteiger charge is 2.30. The summed E-state index contributed by atoms with van der Waals surface area (Å²) >= 11 is 0. The second-order valence-electron chi connectivity index (χ2n) is 9.63. The highest BCUT2D eigenvalue weighted by molar-refractivity contribution is 5.88. The van der Waals surface area contributed by atoms with Crippen molar-refractivity contribution in [1.82, 2.24) is 29.3 Å². The highest BCUT2D eigenvalue weighted by Crippen LogP contribution is 2.40. The number of ether oxygens (including phenoxy) is 3. The van der Waals surface area contributed by atoms with Crippen LogP contribution in [0.1, 0.15) is 38.1 Å². The molecule has 1 aromatic carbocycles. The molecule has 0 radical (unpaired) electrons. The molecule has 2 N–H and O–H groups in total. The first-order chi connectivity index (χ1) is 18.6. The number of methoxy groups -OCH3 is 3. The average Bonchev–Trinajstić information content (AvgIpc) is 3.67. The number of nitrogens with one attached hydrogen (secondary N) is 1. The van der Waals surface area contributed by atoms with Gasteiger partial charge in [-0.1, -0.05) is 0 Å². The fourth-order valence-electron chi connectivity index (χ4n) is 5.25. The van der Waals surface area contributed by atoms with Gasteiger partial charge in [-0.3, -0.25) is 0 Å². The summed E-state index contributed by atoms with van der Waals surface area (Å²) in [5.41, 5.74) is 1.60. The first kappa shape index (κ1) is 24.3. The van der Waals surface area contributed by atoms with Crippen LogP contribution in [-0.2, 0) is 0 Å². The fourth-order valence-corrected chi connectivity index (χ4v) is 5.25. The third kappa shape index (κ3) is 4.14. The van der Waals surface area contributed by atoms with E-state index in [1.807, 2.05) is 33.8 Å². The van der Waals surface area contributed by atoms with Gasteiger partial charge < -0.3 is 34.1 Å². The molecule has 4 heterocycles. The van der Waals surface area contributed by atoms with Gasteiger partial charge in [-0.05, 0) is 32.1 Å². The standard InChI is InChI=1S/C26H32N8O4/c1-36-20-10-18(11-21(37-2)23(20)38-3)32-13-22(27-15-32)29-26-30-24(33-9-5-8-17(33)14-35)19-12-28-34(25(19)31-26)16-6-4-7-16/h10-13,15-17,35H,4-9,14H2,1-3H3,(H,29,30,31)/t17-/m0/s1. The number of imidazole rings is 1. The van der Waals surface area contributed by atoms with E-state index in [1.54, 1.807) is 27.7 Å². The SMILES string of the molecule is COc1cc(-n2cnc(Nc3nc(N4CCC[C@H]4CO)c4cnn(C5CCC5)c4n3)c2)cc(OC)c1OC. The zero-order chi connectivity index (χ0) is 26.2. The Hall–Kier alpha value is -4.06. The first-order valence-corrected chi connectivity index (χ1v) is 12.9. The minimum absolute atomic E-state index is 0.0345. The molecule has 12 heteroatoms. The van der Waals surface area contributed by atoms with Crippen LogP contribution in [0, 0.1) is 0 Å². The van der Waals surface area contributed by atoms with Crippen molar-refractivity contribution in [3.8, 4) is 22.9 Å². The largest absolute Gasteiger partial charge is 0.493 e. The van der Waals surface area contributed by atoms with Crippen molar-refractivity contribution in [2.75, 3.05) is 44.7 Å². The molecule has 2 aliphatic rings. The van der Waals surface area contributed by atoms with Gasteiger partial charge in [-0.2, -0.15) is 15.1 Å². The predicted octanol–water partition coefficient (Wildman–Crippen LogP) is 3.47. The van der Waals surface area contributed by atoms with Gasteiger partial charge in [0, 0.05) is 18.7 Å². The summed E-state index contributed by atoms with van der Waals surface area (Å²) in [6.45, 7) is 0.922. The molecule has 1 aliphatic carbocycles. The Bertz CT molecular complexity index is 1420. The number of fused-ring (bicyclic) bond motifs is 1. The summed E-state index contributed by atoms with van der Waals surface area (Å²) in [7, 11) is 4.75. The first-order valence-electron chi connectivity index (χ1n) is 12.9. The number of anilines is 3. The Kier molecular flexibility index (Phi) is 6.40. The Labute approximate surface area is 220 Å². The zero-order valence-corrected chi connectivity index (χ0v) is 21.8. The highest BCUT2D eigenvalue weighted by atomic mass is 16.5. The van der Waals surface area contributed by atoms with Crippen molar-refractivity contribution < 1.29 is 19.3 Å². The summed E-state index contributed by atoms with van der Waals surface area (Å²) in [6.07, 6.45) is 10.7. The maximum atomic E-state index is 9.97. The van der Waals surface area contributed by atoms with Crippen LogP contribution in [0.2, 0.25) is 0 Å². The van der Waals surface area contributed by atoms with Gasteiger partial charge in [0.2, 0.25) is 11.7 Å². The van der Waals surface area contributed by atoms with Crippen LogP contribution in [-0.4, -0.2) is 74.9 Å². The Balaban J connectivity index is 1.36. The van der Waals surface area contributed by atoms with Crippen molar-refractivity contribution in [3.05, 3.63) is 30.9 Å². The van der Waals surface area contributed by atoms with Gasteiger partial charge in [0.25, 0.3) is 0 Å². The second-order valence-corrected chi connectivity index (χ2v) is 9.63. The number of rotatable bonds is 9. The normalized spacial score (nSPS) is 17.6. The maximum absolute atomic E-state index is 9.97. The van der Waals surface area contributed by atoms with Gasteiger partial charge in [-0.15, -0.1) is 0 Å². The summed E-state index contributed by atoms with van der Waals surface area (Å²) in [4.78, 5) is 16.5. The van der Waals surface area contributed by atoms with Gasteiger partial charge in [0.05, 0.1) is 63.5 Å². The monoisotopic (exact) mass is 520 g/mol. The van der Waals surface area contributed by atoms with E-state index in [4.69, 9.17) is 24.2 Å². The molecule has 200 valence electrons. The Morgan fingerprint density at radius 3 is 2.47 bits per heavy atom. The minimum Gasteiger partial charge on any atom is -0.493 e. The van der Waals surface area contributed by atoms with E-state index >= 15 is 0 Å². The van der Waals surface area contributed by atoms with E-state index in [1.165, 1.54) is 6.42 Å². The molecule has 1 saturated carbocycles. The van der Waals surface area contributed by atoms with Crippen LogP contribution >= 0.6 is 0 Å². The molecule has 0 bridgehead atoms. The number of aromatic nitrogens is 6. The molecule has 0 unspecified atom stereocenters. The van der Waals surface area contributed by atoms with E-state index in [-0.39, 0.29) is 12.6 Å². The molecule has 1 saturated heterocycles. The molecule has 0 spiro atoms. The third-order valence-corrected chi connectivity index (χ3v) is 7.48. The summed E-state index contributed by atoms with van der Waals surface area (Å²) < 4.78 is 20.3. The number of aliphatic hydroxyl groups excluding tert-OH is 1. The average molecular weight is 521 g/mol. The van der Waals surface area contributed by atoms with Crippen LogP contribution in [0.15, 0.2) is 30.9 Å². The van der Waals surface area contributed by atoms with E-state index < -0.39 is 0 Å². The van der Waals surface area contributed by atoms with Crippen molar-refractivity contribution in [1.29, 1.82) is 0 Å². The molecule has 3 aromatic heterocycles. The van der Waals surface area contributed by atoms with Crippen LogP contribution in [0.3, 0.4) is 0 Å². The van der Waals surface area contributed by atoms with E-state index in [2.05, 4.69) is 20.3 Å². The van der Waals surface area contributed by atoms with Crippen molar-refractivity contribution in [2.24, 2.45) is 0 Å². The molecule has 12 nitrogen and oxygen atoms in total. The predicted molar refractivity (Wildman–Crippen MR) is 142 cm³/mol. The van der Waals surface area contributed by atoms with Gasteiger partial charge in [0.15, 0.2) is 23.0 Å². The van der Waals surface area contributed by atoms with Crippen molar-refractivity contribution in [2.45, 2.75) is 44.2 Å². The molecule has 4 aromatic rings. The summed E-state index contributed by atoms with van der Waals surface area (Å²) in [5.74, 6) is 3.45. The molecule has 2 fully saturated rings. The van der Waals surface area contributed by atoms with Crippen LogP contribution in [0.5, 0.6) is 17.2 Å². The van der Waals surface area contributed by atoms with E-state index in [0.717, 1.165) is 54.8 Å². The van der Waals surface area contributed by atoms with Gasteiger partial charge >= 0.3 is 0 Å². The van der Waals surface area contributed by atoms with E-state index in [9.17, 15) is 5.11 Å². The Morgan fingerprint density at radius 1 is 1.03 bits per heavy atom. The fraction of sp³-hybridized carbons (Fsp3) is 0.462. The number of hydrogen-bond donors (Lipinski definition) is 2. The smallest absolute Gasteiger partial charge is 0.232 e. The molecule has 0 amide bonds. The number of nitrogens with zero attached hydrogens (tertiary/aromatic N) is 7. The molecule has 1 aliphatic heterocycles. The van der Waals surface area contributed by atoms with Crippen molar-refractivity contribution >= 4 is 28.6 Å². The summed E-state index contributed by atoms with van der Waals surface area (Å²) in [6, 6.07) is 4.10. The molecule has 1 atom stereocenters. The second kappa shape index (κ2) is 10.0. The maximum Gasteiger partial charge on any atom is 0.232 e. The molecule has 6 rings (SSSR count). The molecular weight excluding hydrogens is 488 g/mol. The lowest BCUT2D eigenvalue weighted by molar-refractivity contribution is 0.266. The Morgan fingerprint density at radius 2 is 1.82 bits per heavy atom. The number of hydrogen-bond acceptors (Lipinski definition) is 10. The lowest BCUT2D eigenvalue weighted by atomic mass is 9.93. The lowest BCUT2D eigenvalue weighted by Gasteiger charge is -2.27. The van der Waals surface area contributed by atoms with Crippen LogP contribution < -0.4 is 24.4 Å². The van der Waals surface area contributed by atoms with Gasteiger partial charge in [-0.25, -0.2) is 9.67 Å². The van der Waals surface area contributed by atoms with Gasteiger partial charge in [0.1, 0.15) is 12.1 Å².